The Balaban J connectivity index is 2.47. The molecule has 2 atom stereocenters. The molecule has 0 aromatic carbocycles. The van der Waals surface area contributed by atoms with Crippen molar-refractivity contribution in [3.05, 3.63) is 15.6 Å². The van der Waals surface area contributed by atoms with E-state index >= 15 is 0 Å². The summed E-state index contributed by atoms with van der Waals surface area (Å²) < 4.78 is 0. The van der Waals surface area contributed by atoms with Crippen molar-refractivity contribution in [3.63, 3.8) is 0 Å². The van der Waals surface area contributed by atoms with Crippen LogP contribution in [0.4, 0.5) is 0 Å². The van der Waals surface area contributed by atoms with E-state index in [0.717, 1.165) is 15.6 Å². The average molecular weight is 312 g/mol. The molecule has 0 saturated carbocycles. The van der Waals surface area contributed by atoms with E-state index in [2.05, 4.69) is 15.6 Å². The summed E-state index contributed by atoms with van der Waals surface area (Å²) in [6, 6.07) is -0.721. The van der Waals surface area contributed by atoms with Gasteiger partial charge in [0.15, 0.2) is 0 Å². The van der Waals surface area contributed by atoms with Crippen LogP contribution in [-0.2, 0) is 9.59 Å². The Kier molecular flexibility index (Phi) is 6.29. The molecule has 1 rings (SSSR count). The number of amides is 2. The number of carbonyl (C=O) groups is 2. The van der Waals surface area contributed by atoms with Gasteiger partial charge in [0, 0.05) is 4.88 Å². The van der Waals surface area contributed by atoms with Gasteiger partial charge in [0.2, 0.25) is 11.8 Å². The lowest BCUT2D eigenvalue weighted by molar-refractivity contribution is -0.127. The summed E-state index contributed by atoms with van der Waals surface area (Å²) in [5.74, 6) is -0.510. The first-order valence-corrected chi connectivity index (χ1v) is 7.80. The van der Waals surface area contributed by atoms with Crippen LogP contribution in [0.25, 0.3) is 0 Å². The molecule has 1 aromatic rings. The number of hydrogen-bond acceptors (Lipinski definition) is 5. The van der Waals surface area contributed by atoms with Crippen molar-refractivity contribution in [2.45, 2.75) is 46.7 Å². The molecule has 0 saturated heterocycles. The number of nitrogens with one attached hydrogen (secondary N) is 2. The van der Waals surface area contributed by atoms with Gasteiger partial charge in [0.1, 0.15) is 0 Å². The van der Waals surface area contributed by atoms with E-state index in [4.69, 9.17) is 5.73 Å². The van der Waals surface area contributed by atoms with Crippen molar-refractivity contribution >= 4 is 23.2 Å². The Morgan fingerprint density at radius 3 is 2.38 bits per heavy atom. The van der Waals surface area contributed by atoms with E-state index in [0.29, 0.717) is 0 Å². The van der Waals surface area contributed by atoms with Gasteiger partial charge in [-0.1, -0.05) is 13.8 Å². The number of carbonyl (C=O) groups excluding carboxylic acids is 2. The van der Waals surface area contributed by atoms with Crippen molar-refractivity contribution in [2.75, 3.05) is 6.54 Å². The molecular weight excluding hydrogens is 288 g/mol. The van der Waals surface area contributed by atoms with E-state index in [1.54, 1.807) is 11.3 Å². The minimum absolute atomic E-state index is 0.0369. The Hall–Kier alpha value is -1.47. The van der Waals surface area contributed by atoms with Crippen LogP contribution in [-0.4, -0.2) is 29.4 Å². The van der Waals surface area contributed by atoms with Gasteiger partial charge in [-0.05, 0) is 26.7 Å². The van der Waals surface area contributed by atoms with Gasteiger partial charge in [-0.25, -0.2) is 4.98 Å². The quantitative estimate of drug-likeness (QED) is 0.731. The highest BCUT2D eigenvalue weighted by Gasteiger charge is 2.19. The maximum absolute atomic E-state index is 11.9. The van der Waals surface area contributed by atoms with Gasteiger partial charge >= 0.3 is 0 Å². The zero-order chi connectivity index (χ0) is 16.2. The molecule has 0 bridgehead atoms. The second-order valence-corrected chi connectivity index (χ2v) is 6.69. The summed E-state index contributed by atoms with van der Waals surface area (Å²) in [5.41, 5.74) is 6.64. The second-order valence-electron chi connectivity index (χ2n) is 5.46. The Morgan fingerprint density at radius 1 is 1.29 bits per heavy atom. The van der Waals surface area contributed by atoms with E-state index in [1.165, 1.54) is 0 Å². The third-order valence-corrected chi connectivity index (χ3v) is 4.41. The second kappa shape index (κ2) is 7.51. The highest BCUT2D eigenvalue weighted by molar-refractivity contribution is 7.11. The van der Waals surface area contributed by atoms with Gasteiger partial charge < -0.3 is 16.4 Å². The van der Waals surface area contributed by atoms with Crippen LogP contribution in [0.15, 0.2) is 0 Å². The molecule has 0 spiro atoms. The summed E-state index contributed by atoms with van der Waals surface area (Å²) in [7, 11) is 0. The number of nitrogens with zero attached hydrogens (tertiary/aromatic N) is 1. The summed E-state index contributed by atoms with van der Waals surface area (Å²) in [6.45, 7) is 9.41. The van der Waals surface area contributed by atoms with Crippen LogP contribution in [0, 0.1) is 19.8 Å². The topological polar surface area (TPSA) is 97.1 Å². The number of rotatable bonds is 6. The lowest BCUT2D eigenvalue weighted by Gasteiger charge is -2.16. The third kappa shape index (κ3) is 5.09. The first-order valence-electron chi connectivity index (χ1n) is 6.99. The summed E-state index contributed by atoms with van der Waals surface area (Å²) in [4.78, 5) is 28.9. The van der Waals surface area contributed by atoms with E-state index in [1.807, 2.05) is 34.6 Å². The maximum Gasteiger partial charge on any atom is 0.239 e. The maximum atomic E-state index is 11.9. The highest BCUT2D eigenvalue weighted by atomic mass is 32.1. The summed E-state index contributed by atoms with van der Waals surface area (Å²) in [5, 5.41) is 6.37. The zero-order valence-electron chi connectivity index (χ0n) is 13.2. The number of hydrogen-bond donors (Lipinski definition) is 3. The molecule has 21 heavy (non-hydrogen) atoms. The molecule has 0 aliphatic carbocycles. The first-order chi connectivity index (χ1) is 9.72. The fourth-order valence-corrected chi connectivity index (χ4v) is 2.82. The van der Waals surface area contributed by atoms with Crippen LogP contribution in [0.1, 0.15) is 42.4 Å². The minimum Gasteiger partial charge on any atom is -0.347 e. The van der Waals surface area contributed by atoms with Crippen molar-refractivity contribution in [1.29, 1.82) is 0 Å². The Morgan fingerprint density at radius 2 is 1.90 bits per heavy atom. The minimum atomic E-state index is -0.596. The van der Waals surface area contributed by atoms with Gasteiger partial charge in [0.25, 0.3) is 0 Å². The predicted molar refractivity (Wildman–Crippen MR) is 84.0 cm³/mol. The Labute approximate surface area is 129 Å². The molecule has 7 heteroatoms. The van der Waals surface area contributed by atoms with E-state index < -0.39 is 6.04 Å². The molecular formula is C14H24N4O2S. The van der Waals surface area contributed by atoms with Crippen molar-refractivity contribution < 1.29 is 9.59 Å². The Bertz CT molecular complexity index is 513. The molecule has 118 valence electrons. The normalized spacial score (nSPS) is 13.9. The molecule has 4 N–H and O–H groups in total. The highest BCUT2D eigenvalue weighted by Crippen LogP contribution is 2.24. The lowest BCUT2D eigenvalue weighted by atomic mass is 10.1. The molecule has 2 amide bonds. The number of aromatic nitrogens is 1. The number of thiazole rings is 1. The molecule has 1 unspecified atom stereocenters. The van der Waals surface area contributed by atoms with Crippen LogP contribution in [0.2, 0.25) is 0 Å². The fraction of sp³-hybridized carbons (Fsp3) is 0.643. The largest absolute Gasteiger partial charge is 0.347 e. The molecule has 0 radical (unpaired) electrons. The van der Waals surface area contributed by atoms with Gasteiger partial charge in [-0.15, -0.1) is 11.3 Å². The van der Waals surface area contributed by atoms with Crippen LogP contribution in [0.3, 0.4) is 0 Å². The molecule has 6 nitrogen and oxygen atoms in total. The smallest absolute Gasteiger partial charge is 0.239 e. The number of nitrogens with two attached hydrogens (primary N) is 1. The average Bonchev–Trinajstić information content (AvgIpc) is 2.74. The van der Waals surface area contributed by atoms with Crippen molar-refractivity contribution in [2.24, 2.45) is 11.7 Å². The predicted octanol–water partition coefficient (Wildman–Crippen LogP) is 1.04. The summed E-state index contributed by atoms with van der Waals surface area (Å²) in [6.07, 6.45) is 0. The van der Waals surface area contributed by atoms with Gasteiger partial charge in [0.05, 0.1) is 29.3 Å². The van der Waals surface area contributed by atoms with Crippen molar-refractivity contribution in [3.8, 4) is 0 Å². The fourth-order valence-electron chi connectivity index (χ4n) is 1.89. The van der Waals surface area contributed by atoms with Gasteiger partial charge in [-0.3, -0.25) is 9.59 Å². The van der Waals surface area contributed by atoms with Gasteiger partial charge in [-0.2, -0.15) is 0 Å². The lowest BCUT2D eigenvalue weighted by Crippen LogP contribution is -2.47. The molecule has 0 fully saturated rings. The van der Waals surface area contributed by atoms with Crippen LogP contribution in [0.5, 0.6) is 0 Å². The molecule has 0 aliphatic heterocycles. The summed E-state index contributed by atoms with van der Waals surface area (Å²) >= 11 is 1.56. The van der Waals surface area contributed by atoms with Crippen LogP contribution < -0.4 is 16.4 Å². The standard InChI is InChI=1S/C14H24N4O2S/c1-7(2)12(15)14(20)16-6-11(19)18-9(4)13-8(3)17-10(5)21-13/h7,9,12H,6,15H2,1-5H3,(H,16,20)(H,18,19)/t9?,12-/m0/s1. The molecule has 1 heterocycles. The third-order valence-electron chi connectivity index (χ3n) is 3.15. The van der Waals surface area contributed by atoms with Crippen molar-refractivity contribution in [1.82, 2.24) is 15.6 Å². The SMILES string of the molecule is Cc1nc(C)c(C(C)NC(=O)CNC(=O)[C@@H](N)C(C)C)s1. The molecule has 0 aliphatic rings. The van der Waals surface area contributed by atoms with E-state index in [9.17, 15) is 9.59 Å². The first kappa shape index (κ1) is 17.6. The number of aryl methyl sites for hydroxylation is 2. The molecule has 1 aromatic heterocycles. The monoisotopic (exact) mass is 312 g/mol. The zero-order valence-corrected chi connectivity index (χ0v) is 14.0. The van der Waals surface area contributed by atoms with Crippen LogP contribution >= 0.6 is 11.3 Å². The van der Waals surface area contributed by atoms with E-state index in [-0.39, 0.29) is 30.3 Å².